The molecule has 180 valence electrons. The summed E-state index contributed by atoms with van der Waals surface area (Å²) in [6.45, 7) is 4.64. The lowest BCUT2D eigenvalue weighted by molar-refractivity contribution is -0.136. The van der Waals surface area contributed by atoms with Gasteiger partial charge in [0.05, 0.1) is 6.10 Å². The summed E-state index contributed by atoms with van der Waals surface area (Å²) < 4.78 is 5.91. The van der Waals surface area contributed by atoms with Crippen LogP contribution in [0.3, 0.4) is 0 Å². The molecule has 0 unspecified atom stereocenters. The molecular weight excluding hydrogens is 434 g/mol. The number of rotatable bonds is 3. The van der Waals surface area contributed by atoms with Crippen LogP contribution in [0, 0.1) is 5.92 Å². The molecular formula is C26H31N3O5. The number of fused-ring (bicyclic) bond motifs is 8. The number of benzene rings is 2. The second-order valence-electron chi connectivity index (χ2n) is 9.42. The monoisotopic (exact) mass is 465 g/mol. The highest BCUT2D eigenvalue weighted by atomic mass is 16.5. The molecule has 3 atom stereocenters. The topological polar surface area (TPSA) is 108 Å². The molecule has 0 aliphatic carbocycles. The van der Waals surface area contributed by atoms with Crippen molar-refractivity contribution in [1.82, 2.24) is 15.5 Å². The minimum absolute atomic E-state index is 0.142. The predicted octanol–water partition coefficient (Wildman–Crippen LogP) is 2.26. The minimum Gasteiger partial charge on any atom is -0.457 e. The molecule has 4 bridgehead atoms. The lowest BCUT2D eigenvalue weighted by atomic mass is 10.0. The van der Waals surface area contributed by atoms with E-state index < -0.39 is 24.1 Å². The number of amides is 3. The molecule has 3 aliphatic heterocycles. The van der Waals surface area contributed by atoms with Gasteiger partial charge in [-0.1, -0.05) is 32.0 Å². The predicted molar refractivity (Wildman–Crippen MR) is 127 cm³/mol. The molecule has 8 heteroatoms. The van der Waals surface area contributed by atoms with Crippen LogP contribution in [-0.4, -0.2) is 59.0 Å². The van der Waals surface area contributed by atoms with Crippen LogP contribution in [-0.2, 0) is 16.0 Å². The molecule has 3 aliphatic rings. The van der Waals surface area contributed by atoms with Gasteiger partial charge >= 0.3 is 0 Å². The van der Waals surface area contributed by atoms with Gasteiger partial charge in [-0.15, -0.1) is 0 Å². The molecule has 3 amide bonds. The molecule has 0 aromatic heterocycles. The number of aliphatic hydroxyl groups is 1. The van der Waals surface area contributed by atoms with Crippen LogP contribution in [0.15, 0.2) is 48.5 Å². The number of hydrogen-bond acceptors (Lipinski definition) is 5. The smallest absolute Gasteiger partial charge is 0.252 e. The van der Waals surface area contributed by atoms with Crippen molar-refractivity contribution in [3.8, 4) is 11.5 Å². The lowest BCUT2D eigenvalue weighted by Crippen LogP contribution is -2.55. The van der Waals surface area contributed by atoms with Gasteiger partial charge in [0.2, 0.25) is 11.8 Å². The Morgan fingerprint density at radius 1 is 1.12 bits per heavy atom. The number of carbonyl (C=O) groups excluding carboxylic acids is 3. The third kappa shape index (κ3) is 5.75. The van der Waals surface area contributed by atoms with Crippen molar-refractivity contribution in [2.75, 3.05) is 13.1 Å². The Labute approximate surface area is 199 Å². The Bertz CT molecular complexity index is 1050. The molecule has 2 aromatic rings. The quantitative estimate of drug-likeness (QED) is 0.645. The third-order valence-electron chi connectivity index (χ3n) is 6.11. The first-order valence-corrected chi connectivity index (χ1v) is 11.7. The molecule has 34 heavy (non-hydrogen) atoms. The average molecular weight is 466 g/mol. The van der Waals surface area contributed by atoms with Gasteiger partial charge in [-0.05, 0) is 54.7 Å². The number of hydrogen-bond donors (Lipinski definition) is 3. The summed E-state index contributed by atoms with van der Waals surface area (Å²) in [5.41, 5.74) is 1.24. The molecule has 0 saturated carbocycles. The first kappa shape index (κ1) is 23.8. The summed E-state index contributed by atoms with van der Waals surface area (Å²) in [6.07, 6.45) is 0.670. The van der Waals surface area contributed by atoms with E-state index in [0.29, 0.717) is 36.4 Å². The van der Waals surface area contributed by atoms with Crippen LogP contribution in [0.2, 0.25) is 0 Å². The summed E-state index contributed by atoms with van der Waals surface area (Å²) in [4.78, 5) is 41.2. The SMILES string of the molecule is CC(C)C[C@@H]1NC(=O)c2cccc(c2)Oc2ccc(cc2)C[C@H](C(=O)N2CC[C@@H](O)C2)NC1=O. The maximum atomic E-state index is 13.3. The number of nitrogens with one attached hydrogen (secondary N) is 2. The normalized spacial score (nSPS) is 23.1. The number of carbonyl (C=O) groups is 3. The minimum atomic E-state index is -0.817. The van der Waals surface area contributed by atoms with Crippen molar-refractivity contribution in [3.63, 3.8) is 0 Å². The first-order chi connectivity index (χ1) is 16.3. The van der Waals surface area contributed by atoms with E-state index in [-0.39, 0.29) is 30.7 Å². The van der Waals surface area contributed by atoms with E-state index in [9.17, 15) is 19.5 Å². The van der Waals surface area contributed by atoms with Gasteiger partial charge < -0.3 is 25.4 Å². The Morgan fingerprint density at radius 3 is 2.56 bits per heavy atom. The molecule has 8 nitrogen and oxygen atoms in total. The van der Waals surface area contributed by atoms with Crippen LogP contribution in [0.25, 0.3) is 0 Å². The summed E-state index contributed by atoms with van der Waals surface area (Å²) >= 11 is 0. The van der Waals surface area contributed by atoms with E-state index in [1.165, 1.54) is 0 Å². The molecule has 1 fully saturated rings. The van der Waals surface area contributed by atoms with Gasteiger partial charge in [-0.25, -0.2) is 0 Å². The van der Waals surface area contributed by atoms with Crippen molar-refractivity contribution in [1.29, 1.82) is 0 Å². The van der Waals surface area contributed by atoms with Gasteiger partial charge in [0.15, 0.2) is 0 Å². The van der Waals surface area contributed by atoms with Crippen LogP contribution in [0.5, 0.6) is 11.5 Å². The highest BCUT2D eigenvalue weighted by molar-refractivity contribution is 5.98. The van der Waals surface area contributed by atoms with E-state index in [0.717, 1.165) is 5.56 Å². The Kier molecular flexibility index (Phi) is 7.17. The van der Waals surface area contributed by atoms with Gasteiger partial charge in [0.25, 0.3) is 5.91 Å². The van der Waals surface area contributed by atoms with E-state index in [4.69, 9.17) is 4.74 Å². The summed E-state index contributed by atoms with van der Waals surface area (Å²) in [6, 6.07) is 12.5. The number of likely N-dealkylation sites (tertiary alicyclic amines) is 1. The Hall–Kier alpha value is -3.39. The lowest BCUT2D eigenvalue weighted by Gasteiger charge is -2.27. The molecule has 1 saturated heterocycles. The molecule has 5 rings (SSSR count). The van der Waals surface area contributed by atoms with Gasteiger partial charge in [0, 0.05) is 25.1 Å². The Balaban J connectivity index is 1.68. The highest BCUT2D eigenvalue weighted by Gasteiger charge is 2.33. The third-order valence-corrected chi connectivity index (χ3v) is 6.11. The molecule has 0 spiro atoms. The second kappa shape index (κ2) is 10.3. The van der Waals surface area contributed by atoms with E-state index in [2.05, 4.69) is 10.6 Å². The van der Waals surface area contributed by atoms with Gasteiger partial charge in [-0.3, -0.25) is 14.4 Å². The maximum absolute atomic E-state index is 13.3. The molecule has 3 N–H and O–H groups in total. The zero-order valence-corrected chi connectivity index (χ0v) is 19.5. The maximum Gasteiger partial charge on any atom is 0.252 e. The van der Waals surface area contributed by atoms with Crippen molar-refractivity contribution in [2.45, 2.75) is 51.3 Å². The Morgan fingerprint density at radius 2 is 1.88 bits per heavy atom. The highest BCUT2D eigenvalue weighted by Crippen LogP contribution is 2.24. The van der Waals surface area contributed by atoms with E-state index >= 15 is 0 Å². The summed E-state index contributed by atoms with van der Waals surface area (Å²) in [5, 5.41) is 15.6. The first-order valence-electron chi connectivity index (χ1n) is 11.7. The number of nitrogens with zero attached hydrogens (tertiary/aromatic N) is 1. The summed E-state index contributed by atoms with van der Waals surface area (Å²) in [5.74, 6) is 0.225. The average Bonchev–Trinajstić information content (AvgIpc) is 3.24. The molecule has 0 radical (unpaired) electrons. The standard InChI is InChI=1S/C26H31N3O5/c1-16(2)12-22-25(32)28-23(26(33)29-11-10-19(30)15-29)13-17-6-8-20(9-7-17)34-21-5-3-4-18(14-21)24(31)27-22/h3-9,14,16,19,22-23,30H,10-13,15H2,1-2H3,(H,27,31)(H,28,32)/t19-,22+,23-/m1/s1. The van der Waals surface area contributed by atoms with Crippen molar-refractivity contribution >= 4 is 17.7 Å². The molecule has 3 heterocycles. The van der Waals surface area contributed by atoms with Crippen molar-refractivity contribution in [2.24, 2.45) is 5.92 Å². The number of ether oxygens (including phenoxy) is 1. The summed E-state index contributed by atoms with van der Waals surface area (Å²) in [7, 11) is 0. The number of aliphatic hydroxyl groups excluding tert-OH is 1. The van der Waals surface area contributed by atoms with Crippen LogP contribution in [0.1, 0.15) is 42.6 Å². The van der Waals surface area contributed by atoms with E-state index in [1.807, 2.05) is 26.0 Å². The van der Waals surface area contributed by atoms with Gasteiger partial charge in [-0.2, -0.15) is 0 Å². The van der Waals surface area contributed by atoms with Crippen LogP contribution in [0.4, 0.5) is 0 Å². The zero-order valence-electron chi connectivity index (χ0n) is 19.5. The van der Waals surface area contributed by atoms with Crippen molar-refractivity contribution in [3.05, 3.63) is 59.7 Å². The van der Waals surface area contributed by atoms with Crippen LogP contribution >= 0.6 is 0 Å². The largest absolute Gasteiger partial charge is 0.457 e. The second-order valence-corrected chi connectivity index (χ2v) is 9.42. The fourth-order valence-electron chi connectivity index (χ4n) is 4.35. The zero-order chi connectivity index (χ0) is 24.2. The van der Waals surface area contributed by atoms with Crippen molar-refractivity contribution < 1.29 is 24.2 Å². The van der Waals surface area contributed by atoms with Gasteiger partial charge in [0.1, 0.15) is 23.6 Å². The van der Waals surface area contributed by atoms with Crippen LogP contribution < -0.4 is 15.4 Å². The van der Waals surface area contributed by atoms with E-state index in [1.54, 1.807) is 41.3 Å². The fraction of sp³-hybridized carbons (Fsp3) is 0.423. The molecule has 2 aromatic carbocycles. The fourth-order valence-corrected chi connectivity index (χ4v) is 4.35. The number of β-amino-alcohol motifs (C(OH)–C–C–N with tert-alkyl or cyclic N) is 1.